The Bertz CT molecular complexity index is 755. The topological polar surface area (TPSA) is 86.8 Å². The van der Waals surface area contributed by atoms with Crippen molar-refractivity contribution in [1.29, 1.82) is 0 Å². The molecule has 25 heavy (non-hydrogen) atoms. The molecule has 3 rings (SSSR count). The zero-order chi connectivity index (χ0) is 18.1. The van der Waals surface area contributed by atoms with Gasteiger partial charge in [-0.1, -0.05) is 19.9 Å². The summed E-state index contributed by atoms with van der Waals surface area (Å²) in [6.07, 6.45) is 0.291. The van der Waals surface area contributed by atoms with E-state index in [2.05, 4.69) is 24.1 Å². The van der Waals surface area contributed by atoms with Crippen LogP contribution in [0.1, 0.15) is 53.0 Å². The van der Waals surface area contributed by atoms with Crippen LogP contribution in [0.2, 0.25) is 0 Å². The van der Waals surface area contributed by atoms with Gasteiger partial charge in [-0.15, -0.1) is 0 Å². The zero-order valence-corrected chi connectivity index (χ0v) is 14.4. The van der Waals surface area contributed by atoms with Crippen molar-refractivity contribution in [1.82, 2.24) is 15.1 Å². The van der Waals surface area contributed by atoms with Gasteiger partial charge in [-0.3, -0.25) is 34.3 Å². The summed E-state index contributed by atoms with van der Waals surface area (Å²) in [6.45, 7) is 6.61. The molecule has 0 radical (unpaired) electrons. The van der Waals surface area contributed by atoms with Crippen molar-refractivity contribution >= 4 is 23.6 Å². The molecule has 1 atom stereocenters. The second kappa shape index (κ2) is 6.76. The summed E-state index contributed by atoms with van der Waals surface area (Å²) in [5, 5.41) is 2.20. The second-order valence-corrected chi connectivity index (χ2v) is 6.29. The smallest absolute Gasteiger partial charge is 0.262 e. The van der Waals surface area contributed by atoms with E-state index in [0.717, 1.165) is 23.6 Å². The predicted octanol–water partition coefficient (Wildman–Crippen LogP) is 0.930. The number of rotatable bonds is 5. The predicted molar refractivity (Wildman–Crippen MR) is 89.7 cm³/mol. The van der Waals surface area contributed by atoms with E-state index in [9.17, 15) is 19.2 Å². The van der Waals surface area contributed by atoms with Crippen LogP contribution < -0.4 is 5.32 Å². The molecular formula is C18H21N3O4. The third kappa shape index (κ3) is 3.07. The average Bonchev–Trinajstić information content (AvgIpc) is 2.84. The molecule has 4 amide bonds. The lowest BCUT2D eigenvalue weighted by atomic mass is 10.0. The minimum absolute atomic E-state index is 0.122. The van der Waals surface area contributed by atoms with Crippen LogP contribution in [0.3, 0.4) is 0 Å². The third-order valence-electron chi connectivity index (χ3n) is 4.80. The molecular weight excluding hydrogens is 322 g/mol. The Morgan fingerprint density at radius 2 is 1.76 bits per heavy atom. The Balaban J connectivity index is 1.86. The van der Waals surface area contributed by atoms with Crippen LogP contribution in [-0.4, -0.2) is 52.6 Å². The van der Waals surface area contributed by atoms with Crippen molar-refractivity contribution in [2.45, 2.75) is 39.3 Å². The van der Waals surface area contributed by atoms with Gasteiger partial charge in [0.2, 0.25) is 11.8 Å². The number of benzene rings is 1. The lowest BCUT2D eigenvalue weighted by molar-refractivity contribution is -0.136. The Kier molecular flexibility index (Phi) is 4.67. The van der Waals surface area contributed by atoms with Crippen molar-refractivity contribution in [2.75, 3.05) is 13.1 Å². The lowest BCUT2D eigenvalue weighted by Crippen LogP contribution is -2.54. The van der Waals surface area contributed by atoms with Crippen molar-refractivity contribution < 1.29 is 19.2 Å². The Hall–Kier alpha value is -2.54. The summed E-state index contributed by atoms with van der Waals surface area (Å²) < 4.78 is 0. The molecule has 0 saturated carbocycles. The summed E-state index contributed by atoms with van der Waals surface area (Å²) >= 11 is 0. The lowest BCUT2D eigenvalue weighted by Gasteiger charge is -2.27. The summed E-state index contributed by atoms with van der Waals surface area (Å²) in [6, 6.07) is 4.31. The molecule has 2 heterocycles. The SMILES string of the molecule is CCN(CC)Cc1ccc2c(c1)C(=O)N(C1CCC(=O)NC1=O)C2=O. The quantitative estimate of drug-likeness (QED) is 0.804. The van der Waals surface area contributed by atoms with Gasteiger partial charge in [-0.2, -0.15) is 0 Å². The first kappa shape index (κ1) is 17.3. The summed E-state index contributed by atoms with van der Waals surface area (Å²) in [7, 11) is 0. The van der Waals surface area contributed by atoms with Gasteiger partial charge in [0.25, 0.3) is 11.8 Å². The van der Waals surface area contributed by atoms with E-state index in [1.807, 2.05) is 6.07 Å². The molecule has 0 bridgehead atoms. The maximum atomic E-state index is 12.7. The number of imide groups is 2. The van der Waals surface area contributed by atoms with Gasteiger partial charge >= 0.3 is 0 Å². The van der Waals surface area contributed by atoms with Crippen LogP contribution in [0, 0.1) is 0 Å². The second-order valence-electron chi connectivity index (χ2n) is 6.29. The first-order valence-electron chi connectivity index (χ1n) is 8.53. The highest BCUT2D eigenvalue weighted by Gasteiger charge is 2.44. The minimum atomic E-state index is -0.920. The number of nitrogens with one attached hydrogen (secondary N) is 1. The third-order valence-corrected chi connectivity index (χ3v) is 4.80. The standard InChI is InChI=1S/C18H21N3O4/c1-3-20(4-2)10-11-5-6-12-13(9-11)18(25)21(17(12)24)14-7-8-15(22)19-16(14)23/h5-6,9,14H,3-4,7-8,10H2,1-2H3,(H,19,22,23). The van der Waals surface area contributed by atoms with Crippen LogP contribution in [-0.2, 0) is 16.1 Å². The van der Waals surface area contributed by atoms with Gasteiger partial charge < -0.3 is 0 Å². The number of fused-ring (bicyclic) bond motifs is 1. The molecule has 132 valence electrons. The molecule has 2 aliphatic rings. The normalized spacial score (nSPS) is 20.3. The molecule has 0 spiro atoms. The van der Waals surface area contributed by atoms with Gasteiger partial charge in [-0.25, -0.2) is 0 Å². The highest BCUT2D eigenvalue weighted by atomic mass is 16.2. The Morgan fingerprint density at radius 3 is 2.40 bits per heavy atom. The van der Waals surface area contributed by atoms with Crippen LogP contribution in [0.15, 0.2) is 18.2 Å². The largest absolute Gasteiger partial charge is 0.300 e. The first-order valence-corrected chi connectivity index (χ1v) is 8.53. The monoisotopic (exact) mass is 343 g/mol. The van der Waals surface area contributed by atoms with Gasteiger partial charge in [0.15, 0.2) is 0 Å². The van der Waals surface area contributed by atoms with E-state index in [-0.39, 0.29) is 18.7 Å². The summed E-state index contributed by atoms with van der Waals surface area (Å²) in [5.74, 6) is -1.90. The fourth-order valence-corrected chi connectivity index (χ4v) is 3.32. The molecule has 7 nitrogen and oxygen atoms in total. The molecule has 1 saturated heterocycles. The molecule has 1 N–H and O–H groups in total. The fraction of sp³-hybridized carbons (Fsp3) is 0.444. The molecule has 1 unspecified atom stereocenters. The Morgan fingerprint density at radius 1 is 1.08 bits per heavy atom. The highest BCUT2D eigenvalue weighted by molar-refractivity contribution is 6.23. The number of carbonyl (C=O) groups is 4. The van der Waals surface area contributed by atoms with Crippen LogP contribution in [0.4, 0.5) is 0 Å². The van der Waals surface area contributed by atoms with Crippen molar-refractivity contribution in [3.05, 3.63) is 34.9 Å². The molecule has 2 aliphatic heterocycles. The van der Waals surface area contributed by atoms with Crippen molar-refractivity contribution in [3.63, 3.8) is 0 Å². The highest BCUT2D eigenvalue weighted by Crippen LogP contribution is 2.28. The zero-order valence-electron chi connectivity index (χ0n) is 14.4. The van der Waals surface area contributed by atoms with E-state index in [0.29, 0.717) is 17.7 Å². The molecule has 7 heteroatoms. The van der Waals surface area contributed by atoms with E-state index >= 15 is 0 Å². The van der Waals surface area contributed by atoms with Crippen LogP contribution >= 0.6 is 0 Å². The fourth-order valence-electron chi connectivity index (χ4n) is 3.32. The van der Waals surface area contributed by atoms with E-state index in [1.54, 1.807) is 12.1 Å². The van der Waals surface area contributed by atoms with Crippen LogP contribution in [0.5, 0.6) is 0 Å². The molecule has 0 aromatic heterocycles. The van der Waals surface area contributed by atoms with Gasteiger partial charge in [-0.05, 0) is 37.2 Å². The van der Waals surface area contributed by atoms with Gasteiger partial charge in [0.1, 0.15) is 6.04 Å². The van der Waals surface area contributed by atoms with E-state index in [4.69, 9.17) is 0 Å². The molecule has 0 aliphatic carbocycles. The maximum Gasteiger partial charge on any atom is 0.262 e. The maximum absolute atomic E-state index is 12.7. The summed E-state index contributed by atoms with van der Waals surface area (Å²) in [4.78, 5) is 51.9. The first-order chi connectivity index (χ1) is 12.0. The molecule has 1 fully saturated rings. The minimum Gasteiger partial charge on any atom is -0.300 e. The van der Waals surface area contributed by atoms with Crippen molar-refractivity contribution in [2.24, 2.45) is 0 Å². The number of hydrogen-bond acceptors (Lipinski definition) is 5. The molecule has 1 aromatic rings. The number of hydrogen-bond donors (Lipinski definition) is 1. The van der Waals surface area contributed by atoms with E-state index < -0.39 is 23.8 Å². The number of piperidine rings is 1. The number of amides is 4. The number of nitrogens with zero attached hydrogens (tertiary/aromatic N) is 2. The average molecular weight is 343 g/mol. The van der Waals surface area contributed by atoms with Crippen LogP contribution in [0.25, 0.3) is 0 Å². The van der Waals surface area contributed by atoms with Gasteiger partial charge in [0.05, 0.1) is 11.1 Å². The van der Waals surface area contributed by atoms with E-state index in [1.165, 1.54) is 0 Å². The number of carbonyl (C=O) groups excluding carboxylic acids is 4. The summed E-state index contributed by atoms with van der Waals surface area (Å²) in [5.41, 5.74) is 1.60. The van der Waals surface area contributed by atoms with Gasteiger partial charge in [0, 0.05) is 13.0 Å². The Labute approximate surface area is 146 Å². The molecule has 1 aromatic carbocycles. The van der Waals surface area contributed by atoms with Crippen molar-refractivity contribution in [3.8, 4) is 0 Å².